The monoisotopic (exact) mass is 786 g/mol. The largest absolute Gasteiger partial charge is 0.394 e. The molecule has 0 heterocycles. The van der Waals surface area contributed by atoms with E-state index in [9.17, 15) is 15.0 Å². The fraction of sp³-hybridized carbons (Fsp3) is 0.865. The van der Waals surface area contributed by atoms with Crippen LogP contribution in [-0.4, -0.2) is 34.9 Å². The van der Waals surface area contributed by atoms with E-state index in [2.05, 4.69) is 43.5 Å². The standard InChI is InChI=1S/C52H99NO3/c1-3-5-7-9-11-13-15-17-19-21-22-23-24-25-26-27-28-29-30-32-33-35-37-39-41-43-45-47-51(55)50(49-54)53-52(56)48-46-44-42-40-38-36-34-31-20-18-16-14-12-10-8-6-4-2/h18,20,37,39,45,47,50-51,54-55H,3-17,19,21-36,38,40-44,46,48-49H2,1-2H3,(H,53,56)/b20-18-,39-37+,47-45+. The van der Waals surface area contributed by atoms with Crippen LogP contribution in [0.25, 0.3) is 0 Å². The maximum absolute atomic E-state index is 12.4. The van der Waals surface area contributed by atoms with Crippen LogP contribution in [0, 0.1) is 0 Å². The molecule has 0 aromatic carbocycles. The third-order valence-electron chi connectivity index (χ3n) is 11.6. The van der Waals surface area contributed by atoms with E-state index in [1.54, 1.807) is 6.08 Å². The summed E-state index contributed by atoms with van der Waals surface area (Å²) in [5.41, 5.74) is 0. The summed E-state index contributed by atoms with van der Waals surface area (Å²) in [6, 6.07) is -0.641. The highest BCUT2D eigenvalue weighted by Crippen LogP contribution is 2.16. The van der Waals surface area contributed by atoms with Gasteiger partial charge in [-0.15, -0.1) is 0 Å². The Balaban J connectivity index is 3.54. The number of hydrogen-bond acceptors (Lipinski definition) is 3. The van der Waals surface area contributed by atoms with Crippen LogP contribution in [0.2, 0.25) is 0 Å². The van der Waals surface area contributed by atoms with Crippen molar-refractivity contribution >= 4 is 5.91 Å². The summed E-state index contributed by atoms with van der Waals surface area (Å²) >= 11 is 0. The van der Waals surface area contributed by atoms with Crippen LogP contribution in [0.5, 0.6) is 0 Å². The Bertz CT molecular complexity index is 851. The Morgan fingerprint density at radius 3 is 1.04 bits per heavy atom. The molecule has 0 radical (unpaired) electrons. The number of carbonyl (C=O) groups is 1. The minimum atomic E-state index is -0.863. The SMILES string of the molecule is CCCCCCCC/C=C\CCCCCCCCCC(=O)NC(CO)C(O)/C=C/CC/C=C/CCCCCCCCCCCCCCCCCCCCCCC. The average Bonchev–Trinajstić information content (AvgIpc) is 3.20. The number of nitrogens with one attached hydrogen (secondary N) is 1. The van der Waals surface area contributed by atoms with Crippen LogP contribution in [0.4, 0.5) is 0 Å². The molecule has 4 heteroatoms. The summed E-state index contributed by atoms with van der Waals surface area (Å²) in [6.45, 7) is 4.31. The van der Waals surface area contributed by atoms with Gasteiger partial charge in [-0.05, 0) is 57.8 Å². The van der Waals surface area contributed by atoms with Crippen molar-refractivity contribution in [3.8, 4) is 0 Å². The molecule has 2 atom stereocenters. The van der Waals surface area contributed by atoms with Crippen molar-refractivity contribution in [1.82, 2.24) is 5.32 Å². The average molecular weight is 786 g/mol. The molecule has 0 rings (SSSR count). The summed E-state index contributed by atoms with van der Waals surface area (Å²) < 4.78 is 0. The molecule has 56 heavy (non-hydrogen) atoms. The lowest BCUT2D eigenvalue weighted by molar-refractivity contribution is -0.123. The van der Waals surface area contributed by atoms with E-state index in [0.29, 0.717) is 6.42 Å². The van der Waals surface area contributed by atoms with Gasteiger partial charge in [-0.2, -0.15) is 0 Å². The summed E-state index contributed by atoms with van der Waals surface area (Å²) in [7, 11) is 0. The minimum absolute atomic E-state index is 0.0765. The summed E-state index contributed by atoms with van der Waals surface area (Å²) in [4.78, 5) is 12.4. The van der Waals surface area contributed by atoms with Gasteiger partial charge in [-0.3, -0.25) is 4.79 Å². The van der Waals surface area contributed by atoms with Crippen LogP contribution < -0.4 is 5.32 Å². The van der Waals surface area contributed by atoms with Gasteiger partial charge in [-0.1, -0.05) is 243 Å². The van der Waals surface area contributed by atoms with Crippen molar-refractivity contribution in [3.05, 3.63) is 36.5 Å². The number of amides is 1. The summed E-state index contributed by atoms with van der Waals surface area (Å²) in [5, 5.41) is 23.1. The molecule has 0 aliphatic heterocycles. The number of unbranched alkanes of at least 4 members (excludes halogenated alkanes) is 35. The lowest BCUT2D eigenvalue weighted by Crippen LogP contribution is -2.45. The molecule has 0 bridgehead atoms. The molecule has 0 aromatic heterocycles. The second kappa shape index (κ2) is 48.0. The fourth-order valence-electron chi connectivity index (χ4n) is 7.72. The fourth-order valence-corrected chi connectivity index (χ4v) is 7.72. The molecule has 0 aliphatic carbocycles. The van der Waals surface area contributed by atoms with E-state index in [1.807, 2.05) is 6.08 Å². The Morgan fingerprint density at radius 1 is 0.411 bits per heavy atom. The molecule has 1 amide bonds. The Morgan fingerprint density at radius 2 is 0.696 bits per heavy atom. The number of allylic oxidation sites excluding steroid dienone is 5. The van der Waals surface area contributed by atoms with Crippen molar-refractivity contribution in [2.45, 2.75) is 283 Å². The number of hydrogen-bond donors (Lipinski definition) is 3. The van der Waals surface area contributed by atoms with E-state index < -0.39 is 12.1 Å². The highest BCUT2D eigenvalue weighted by Gasteiger charge is 2.17. The van der Waals surface area contributed by atoms with Gasteiger partial charge in [-0.25, -0.2) is 0 Å². The van der Waals surface area contributed by atoms with Gasteiger partial charge in [0.15, 0.2) is 0 Å². The zero-order valence-corrected chi connectivity index (χ0v) is 37.9. The normalized spacial score (nSPS) is 13.1. The Kier molecular flexibility index (Phi) is 46.8. The van der Waals surface area contributed by atoms with E-state index in [-0.39, 0.29) is 12.5 Å². The molecule has 3 N–H and O–H groups in total. The maximum atomic E-state index is 12.4. The van der Waals surface area contributed by atoms with Crippen LogP contribution >= 0.6 is 0 Å². The first-order chi connectivity index (χ1) is 27.7. The van der Waals surface area contributed by atoms with Crippen molar-refractivity contribution in [3.63, 3.8) is 0 Å². The lowest BCUT2D eigenvalue weighted by atomic mass is 10.0. The van der Waals surface area contributed by atoms with E-state index in [4.69, 9.17) is 0 Å². The minimum Gasteiger partial charge on any atom is -0.394 e. The summed E-state index contributed by atoms with van der Waals surface area (Å²) in [5.74, 6) is -0.0765. The molecular weight excluding hydrogens is 687 g/mol. The molecular formula is C52H99NO3. The van der Waals surface area contributed by atoms with Gasteiger partial charge >= 0.3 is 0 Å². The van der Waals surface area contributed by atoms with E-state index in [1.165, 1.54) is 218 Å². The number of aliphatic hydroxyl groups excluding tert-OH is 2. The lowest BCUT2D eigenvalue weighted by Gasteiger charge is -2.19. The first kappa shape index (κ1) is 54.6. The molecule has 4 nitrogen and oxygen atoms in total. The Labute approximate surface area is 351 Å². The third-order valence-corrected chi connectivity index (χ3v) is 11.6. The number of aliphatic hydroxyl groups is 2. The molecule has 330 valence electrons. The zero-order chi connectivity index (χ0) is 40.7. The summed E-state index contributed by atoms with van der Waals surface area (Å²) in [6.07, 6.45) is 64.3. The highest BCUT2D eigenvalue weighted by molar-refractivity contribution is 5.76. The molecule has 0 saturated carbocycles. The molecule has 0 fully saturated rings. The third kappa shape index (κ3) is 43.7. The zero-order valence-electron chi connectivity index (χ0n) is 37.9. The van der Waals surface area contributed by atoms with Gasteiger partial charge in [0, 0.05) is 6.42 Å². The van der Waals surface area contributed by atoms with Crippen LogP contribution in [0.3, 0.4) is 0 Å². The van der Waals surface area contributed by atoms with Gasteiger partial charge in [0.2, 0.25) is 5.91 Å². The van der Waals surface area contributed by atoms with Crippen LogP contribution in [-0.2, 0) is 4.79 Å². The van der Waals surface area contributed by atoms with Gasteiger partial charge in [0.05, 0.1) is 18.8 Å². The maximum Gasteiger partial charge on any atom is 0.220 e. The molecule has 2 unspecified atom stereocenters. The molecule has 0 aliphatic rings. The van der Waals surface area contributed by atoms with Gasteiger partial charge < -0.3 is 15.5 Å². The number of rotatable bonds is 46. The first-order valence-corrected chi connectivity index (χ1v) is 25.2. The first-order valence-electron chi connectivity index (χ1n) is 25.2. The van der Waals surface area contributed by atoms with E-state index in [0.717, 1.165) is 32.1 Å². The highest BCUT2D eigenvalue weighted by atomic mass is 16.3. The van der Waals surface area contributed by atoms with Crippen molar-refractivity contribution in [1.29, 1.82) is 0 Å². The van der Waals surface area contributed by atoms with E-state index >= 15 is 0 Å². The Hall–Kier alpha value is -1.39. The smallest absolute Gasteiger partial charge is 0.220 e. The van der Waals surface area contributed by atoms with Gasteiger partial charge in [0.25, 0.3) is 0 Å². The molecule has 0 spiro atoms. The second-order valence-corrected chi connectivity index (χ2v) is 17.2. The topological polar surface area (TPSA) is 69.6 Å². The quantitative estimate of drug-likeness (QED) is 0.0425. The molecule has 0 aromatic rings. The van der Waals surface area contributed by atoms with Crippen molar-refractivity contribution in [2.24, 2.45) is 0 Å². The molecule has 0 saturated heterocycles. The van der Waals surface area contributed by atoms with Crippen molar-refractivity contribution in [2.75, 3.05) is 6.61 Å². The second-order valence-electron chi connectivity index (χ2n) is 17.2. The van der Waals surface area contributed by atoms with Crippen LogP contribution in [0.15, 0.2) is 36.5 Å². The number of carbonyl (C=O) groups excluding carboxylic acids is 1. The van der Waals surface area contributed by atoms with Crippen molar-refractivity contribution < 1.29 is 15.0 Å². The predicted octanol–water partition coefficient (Wildman–Crippen LogP) is 16.1. The van der Waals surface area contributed by atoms with Crippen LogP contribution in [0.1, 0.15) is 271 Å². The van der Waals surface area contributed by atoms with Gasteiger partial charge in [0.1, 0.15) is 0 Å². The predicted molar refractivity (Wildman–Crippen MR) is 248 cm³/mol.